The second-order valence-corrected chi connectivity index (χ2v) is 8.24. The van der Waals surface area contributed by atoms with Crippen molar-refractivity contribution < 1.29 is 14.2 Å². The fourth-order valence-electron chi connectivity index (χ4n) is 4.29. The van der Waals surface area contributed by atoms with Crippen molar-refractivity contribution in [2.75, 3.05) is 19.8 Å². The largest absolute Gasteiger partial charge is 0.328 e. The third-order valence-electron chi connectivity index (χ3n) is 5.80. The van der Waals surface area contributed by atoms with Gasteiger partial charge in [0.2, 0.25) is 0 Å². The molecule has 0 aliphatic carbocycles. The lowest BCUT2D eigenvalue weighted by Crippen LogP contribution is -2.46. The Balaban J connectivity index is 2.59. The molecule has 0 aliphatic heterocycles. The predicted octanol–water partition coefficient (Wildman–Crippen LogP) is 7.92. The Morgan fingerprint density at radius 1 is 0.633 bits per heavy atom. The third-order valence-corrected chi connectivity index (χ3v) is 5.80. The lowest BCUT2D eigenvalue weighted by molar-refractivity contribution is -0.403. The average molecular weight is 421 g/mol. The Labute approximate surface area is 186 Å². The summed E-state index contributed by atoms with van der Waals surface area (Å²) in [7, 11) is 0. The molecule has 0 saturated heterocycles. The van der Waals surface area contributed by atoms with Crippen LogP contribution < -0.4 is 0 Å². The van der Waals surface area contributed by atoms with E-state index in [-0.39, 0.29) is 0 Å². The van der Waals surface area contributed by atoms with Crippen molar-refractivity contribution in [1.82, 2.24) is 0 Å². The zero-order valence-corrected chi connectivity index (χ0v) is 20.3. The summed E-state index contributed by atoms with van der Waals surface area (Å²) in [6.45, 7) is 10.2. The van der Waals surface area contributed by atoms with Crippen LogP contribution in [0.25, 0.3) is 0 Å². The van der Waals surface area contributed by atoms with Gasteiger partial charge >= 0.3 is 0 Å². The molecule has 1 aromatic carbocycles. The molecular formula is C27H48O3. The molecule has 0 aliphatic rings. The molecule has 0 fully saturated rings. The Kier molecular flexibility index (Phi) is 16.1. The molecule has 1 rings (SSSR count). The monoisotopic (exact) mass is 420 g/mol. The van der Waals surface area contributed by atoms with E-state index in [1.807, 2.05) is 20.8 Å². The van der Waals surface area contributed by atoms with Gasteiger partial charge in [0, 0.05) is 25.7 Å². The minimum Gasteiger partial charge on any atom is -0.328 e. The van der Waals surface area contributed by atoms with Crippen LogP contribution in [0.3, 0.4) is 0 Å². The van der Waals surface area contributed by atoms with E-state index in [4.69, 9.17) is 14.2 Å². The summed E-state index contributed by atoms with van der Waals surface area (Å²) in [6, 6.07) is 10.8. The van der Waals surface area contributed by atoms with E-state index >= 15 is 0 Å². The Hall–Kier alpha value is -0.900. The lowest BCUT2D eigenvalue weighted by atomic mass is 9.91. The van der Waals surface area contributed by atoms with E-state index < -0.39 is 5.97 Å². The maximum absolute atomic E-state index is 6.15. The number of hydrogen-bond donors (Lipinski definition) is 0. The van der Waals surface area contributed by atoms with E-state index in [1.165, 1.54) is 63.4 Å². The Morgan fingerprint density at radius 2 is 1.13 bits per heavy atom. The normalized spacial score (nSPS) is 12.9. The van der Waals surface area contributed by atoms with Crippen LogP contribution in [0.4, 0.5) is 0 Å². The topological polar surface area (TPSA) is 27.7 Å². The molecule has 0 spiro atoms. The van der Waals surface area contributed by atoms with Gasteiger partial charge in [0.15, 0.2) is 0 Å². The molecule has 1 unspecified atom stereocenters. The lowest BCUT2D eigenvalue weighted by Gasteiger charge is -2.39. The van der Waals surface area contributed by atoms with Crippen molar-refractivity contribution in [3.63, 3.8) is 0 Å². The summed E-state index contributed by atoms with van der Waals surface area (Å²) in [5.41, 5.74) is 1.44. The smallest absolute Gasteiger partial charge is 0.285 e. The summed E-state index contributed by atoms with van der Waals surface area (Å²) in [4.78, 5) is 0. The highest BCUT2D eigenvalue weighted by molar-refractivity contribution is 5.14. The first kappa shape index (κ1) is 27.1. The quantitative estimate of drug-likeness (QED) is 0.158. The highest BCUT2D eigenvalue weighted by atomic mass is 16.9. The standard InChI is InChI=1S/C27H48O3/c1-5-9-10-11-12-18-23-26(27(28-6-2,29-7-3)30-8-4)24-19-14-17-22-25-20-15-13-16-21-25/h13,15-16,20-21,26H,5-12,14,17-19,22-24H2,1-4H3. The minimum absolute atomic E-state index is 0.292. The van der Waals surface area contributed by atoms with Crippen molar-refractivity contribution in [1.29, 1.82) is 0 Å². The van der Waals surface area contributed by atoms with Crippen LogP contribution in [0.15, 0.2) is 30.3 Å². The highest BCUT2D eigenvalue weighted by Gasteiger charge is 2.41. The molecule has 0 saturated carbocycles. The molecule has 30 heavy (non-hydrogen) atoms. The van der Waals surface area contributed by atoms with Gasteiger partial charge in [0.1, 0.15) is 0 Å². The van der Waals surface area contributed by atoms with Crippen LogP contribution in [0.2, 0.25) is 0 Å². The van der Waals surface area contributed by atoms with E-state index in [1.54, 1.807) is 0 Å². The predicted molar refractivity (Wildman–Crippen MR) is 128 cm³/mol. The maximum Gasteiger partial charge on any atom is 0.285 e. The van der Waals surface area contributed by atoms with Gasteiger partial charge in [0.05, 0.1) is 0 Å². The summed E-state index contributed by atoms with van der Waals surface area (Å²) < 4.78 is 18.5. The number of unbranched alkanes of at least 4 members (excludes halogenated alkanes) is 7. The molecule has 174 valence electrons. The fourth-order valence-corrected chi connectivity index (χ4v) is 4.29. The van der Waals surface area contributed by atoms with Crippen molar-refractivity contribution in [3.05, 3.63) is 35.9 Å². The second-order valence-electron chi connectivity index (χ2n) is 8.24. The highest BCUT2D eigenvalue weighted by Crippen LogP contribution is 2.34. The summed E-state index contributed by atoms with van der Waals surface area (Å²) in [6.07, 6.45) is 14.9. The number of ether oxygens (including phenoxy) is 3. The number of hydrogen-bond acceptors (Lipinski definition) is 3. The van der Waals surface area contributed by atoms with E-state index in [2.05, 4.69) is 37.3 Å². The molecule has 0 bridgehead atoms. The molecule has 0 radical (unpaired) electrons. The van der Waals surface area contributed by atoms with Gasteiger partial charge in [-0.3, -0.25) is 0 Å². The fraction of sp³-hybridized carbons (Fsp3) is 0.778. The maximum atomic E-state index is 6.15. The molecule has 0 aromatic heterocycles. The first-order chi connectivity index (χ1) is 14.7. The van der Waals surface area contributed by atoms with Gasteiger partial charge in [-0.05, 0) is 52.0 Å². The molecule has 0 heterocycles. The van der Waals surface area contributed by atoms with Crippen LogP contribution in [-0.4, -0.2) is 25.8 Å². The van der Waals surface area contributed by atoms with Gasteiger partial charge in [0.25, 0.3) is 5.97 Å². The SMILES string of the molecule is CCCCCCCCC(CCCCCc1ccccc1)C(OCC)(OCC)OCC. The van der Waals surface area contributed by atoms with Crippen LogP contribution in [0.1, 0.15) is 104 Å². The molecule has 0 N–H and O–H groups in total. The van der Waals surface area contributed by atoms with Crippen molar-refractivity contribution in [2.45, 2.75) is 111 Å². The van der Waals surface area contributed by atoms with Crippen LogP contribution in [0.5, 0.6) is 0 Å². The van der Waals surface area contributed by atoms with Gasteiger partial charge in [-0.1, -0.05) is 88.6 Å². The van der Waals surface area contributed by atoms with Gasteiger partial charge in [-0.15, -0.1) is 0 Å². The zero-order chi connectivity index (χ0) is 21.9. The molecular weight excluding hydrogens is 372 g/mol. The Morgan fingerprint density at radius 3 is 1.67 bits per heavy atom. The molecule has 3 nitrogen and oxygen atoms in total. The summed E-state index contributed by atoms with van der Waals surface area (Å²) in [5.74, 6) is -0.582. The van der Waals surface area contributed by atoms with Crippen LogP contribution in [0, 0.1) is 5.92 Å². The molecule has 3 heteroatoms. The van der Waals surface area contributed by atoms with Crippen molar-refractivity contribution >= 4 is 0 Å². The number of aryl methyl sites for hydroxylation is 1. The van der Waals surface area contributed by atoms with Crippen LogP contribution >= 0.6 is 0 Å². The first-order valence-corrected chi connectivity index (χ1v) is 12.7. The first-order valence-electron chi connectivity index (χ1n) is 12.7. The van der Waals surface area contributed by atoms with E-state index in [9.17, 15) is 0 Å². The van der Waals surface area contributed by atoms with E-state index in [0.29, 0.717) is 25.7 Å². The summed E-state index contributed by atoms with van der Waals surface area (Å²) >= 11 is 0. The van der Waals surface area contributed by atoms with Crippen molar-refractivity contribution in [2.24, 2.45) is 5.92 Å². The number of rotatable bonds is 20. The zero-order valence-electron chi connectivity index (χ0n) is 20.3. The molecule has 1 aromatic rings. The minimum atomic E-state index is -0.874. The second kappa shape index (κ2) is 17.7. The van der Waals surface area contributed by atoms with Gasteiger partial charge in [-0.2, -0.15) is 0 Å². The van der Waals surface area contributed by atoms with E-state index in [0.717, 1.165) is 19.3 Å². The molecule has 0 amide bonds. The van der Waals surface area contributed by atoms with Crippen LogP contribution in [-0.2, 0) is 20.6 Å². The Bertz CT molecular complexity index is 471. The average Bonchev–Trinajstić information content (AvgIpc) is 2.75. The summed E-state index contributed by atoms with van der Waals surface area (Å²) in [5, 5.41) is 0. The van der Waals surface area contributed by atoms with Gasteiger partial charge < -0.3 is 14.2 Å². The van der Waals surface area contributed by atoms with Crippen molar-refractivity contribution in [3.8, 4) is 0 Å². The number of benzene rings is 1. The van der Waals surface area contributed by atoms with Gasteiger partial charge in [-0.25, -0.2) is 0 Å². The molecule has 1 atom stereocenters. The third kappa shape index (κ3) is 10.9.